The molecule has 10 aromatic rings. The highest BCUT2D eigenvalue weighted by atomic mass is 32.1. The number of rotatable bonds is 5. The van der Waals surface area contributed by atoms with Crippen LogP contribution in [-0.4, -0.2) is 19.5 Å². The third-order valence-corrected chi connectivity index (χ3v) is 10.7. The first-order valence-electron chi connectivity index (χ1n) is 16.7. The third kappa shape index (κ3) is 4.63. The van der Waals surface area contributed by atoms with Gasteiger partial charge in [-0.05, 0) is 24.3 Å². The lowest BCUT2D eigenvalue weighted by molar-refractivity contribution is 1.07. The standard InChI is InChI=1S/C45H28N4S/c1-3-14-29(15-4-1)43-46-44(30-16-5-2-6-17-30)48-45(47-43)31-18-11-19-32(28-31)49-39-26-9-7-20-33(39)35-22-12-23-36(41(35)49)38-25-13-24-37-34-21-8-10-27-40(34)50-42(37)38/h1-28H. The molecule has 0 unspecified atom stereocenters. The fraction of sp³-hybridized carbons (Fsp3) is 0. The lowest BCUT2D eigenvalue weighted by Crippen LogP contribution is -2.01. The molecule has 0 atom stereocenters. The van der Waals surface area contributed by atoms with Crippen molar-refractivity contribution in [3.05, 3.63) is 170 Å². The van der Waals surface area contributed by atoms with Crippen LogP contribution in [0.25, 0.3) is 93.0 Å². The molecule has 50 heavy (non-hydrogen) atoms. The minimum absolute atomic E-state index is 0.635. The van der Waals surface area contributed by atoms with Crippen molar-refractivity contribution < 1.29 is 0 Å². The minimum atomic E-state index is 0.635. The molecule has 0 bridgehead atoms. The lowest BCUT2D eigenvalue weighted by Gasteiger charge is -2.14. The Kier molecular flexibility index (Phi) is 6.64. The predicted octanol–water partition coefficient (Wildman–Crippen LogP) is 12.0. The smallest absolute Gasteiger partial charge is 0.164 e. The molecule has 0 fully saturated rings. The van der Waals surface area contributed by atoms with Crippen molar-refractivity contribution in [3.63, 3.8) is 0 Å². The average molecular weight is 657 g/mol. The van der Waals surface area contributed by atoms with Crippen LogP contribution in [0.3, 0.4) is 0 Å². The van der Waals surface area contributed by atoms with E-state index in [9.17, 15) is 0 Å². The number of para-hydroxylation sites is 2. The fourth-order valence-electron chi connectivity index (χ4n) is 7.19. The summed E-state index contributed by atoms with van der Waals surface area (Å²) >= 11 is 1.87. The van der Waals surface area contributed by atoms with Gasteiger partial charge in [-0.3, -0.25) is 0 Å². The molecule has 0 radical (unpaired) electrons. The summed E-state index contributed by atoms with van der Waals surface area (Å²) in [6, 6.07) is 59.7. The summed E-state index contributed by atoms with van der Waals surface area (Å²) in [6.45, 7) is 0. The molecule has 0 saturated carbocycles. The first kappa shape index (κ1) is 28.6. The summed E-state index contributed by atoms with van der Waals surface area (Å²) in [7, 11) is 0. The van der Waals surface area contributed by atoms with Crippen LogP contribution in [0.4, 0.5) is 0 Å². The van der Waals surface area contributed by atoms with E-state index in [4.69, 9.17) is 15.0 Å². The van der Waals surface area contributed by atoms with Crippen LogP contribution in [-0.2, 0) is 0 Å². The zero-order valence-corrected chi connectivity index (χ0v) is 27.7. The van der Waals surface area contributed by atoms with Gasteiger partial charge in [0.2, 0.25) is 0 Å². The molecule has 7 aromatic carbocycles. The number of aromatic nitrogens is 4. The number of hydrogen-bond donors (Lipinski definition) is 0. The second kappa shape index (κ2) is 11.6. The highest BCUT2D eigenvalue weighted by Crippen LogP contribution is 2.44. The van der Waals surface area contributed by atoms with Crippen molar-refractivity contribution in [2.45, 2.75) is 0 Å². The zero-order valence-electron chi connectivity index (χ0n) is 26.9. The molecule has 0 saturated heterocycles. The molecule has 0 N–H and O–H groups in total. The molecule has 0 aliphatic heterocycles. The van der Waals surface area contributed by atoms with Gasteiger partial charge in [-0.15, -0.1) is 11.3 Å². The van der Waals surface area contributed by atoms with Gasteiger partial charge in [-0.25, -0.2) is 15.0 Å². The van der Waals surface area contributed by atoms with E-state index in [0.717, 1.165) is 27.9 Å². The largest absolute Gasteiger partial charge is 0.309 e. The summed E-state index contributed by atoms with van der Waals surface area (Å²) < 4.78 is 5.02. The SMILES string of the molecule is c1ccc(-c2nc(-c3ccccc3)nc(-c3cccc(-n4c5ccccc5c5cccc(-c6cccc7c6sc6ccccc67)c54)c3)n2)cc1. The van der Waals surface area contributed by atoms with Crippen molar-refractivity contribution in [2.24, 2.45) is 0 Å². The van der Waals surface area contributed by atoms with Gasteiger partial charge in [0.25, 0.3) is 0 Å². The van der Waals surface area contributed by atoms with E-state index in [-0.39, 0.29) is 0 Å². The summed E-state index contributed by atoms with van der Waals surface area (Å²) in [6.07, 6.45) is 0. The summed E-state index contributed by atoms with van der Waals surface area (Å²) in [5.74, 6) is 1.93. The van der Waals surface area contributed by atoms with Gasteiger partial charge in [0, 0.05) is 64.4 Å². The zero-order chi connectivity index (χ0) is 33.0. The van der Waals surface area contributed by atoms with Crippen molar-refractivity contribution >= 4 is 53.3 Å². The van der Waals surface area contributed by atoms with Crippen molar-refractivity contribution in [1.82, 2.24) is 19.5 Å². The van der Waals surface area contributed by atoms with E-state index in [2.05, 4.69) is 114 Å². The fourth-order valence-corrected chi connectivity index (χ4v) is 8.42. The van der Waals surface area contributed by atoms with Crippen LogP contribution < -0.4 is 0 Å². The lowest BCUT2D eigenvalue weighted by atomic mass is 10.00. The molecule has 3 heterocycles. The van der Waals surface area contributed by atoms with Crippen LogP contribution in [0, 0.1) is 0 Å². The molecule has 3 aromatic heterocycles. The third-order valence-electron chi connectivity index (χ3n) is 9.45. The van der Waals surface area contributed by atoms with E-state index < -0.39 is 0 Å². The van der Waals surface area contributed by atoms with Crippen molar-refractivity contribution in [1.29, 1.82) is 0 Å². The maximum atomic E-state index is 5.04. The monoisotopic (exact) mass is 656 g/mol. The molecule has 234 valence electrons. The summed E-state index contributed by atoms with van der Waals surface area (Å²) in [5.41, 5.74) is 8.66. The van der Waals surface area contributed by atoms with Crippen LogP contribution in [0.1, 0.15) is 0 Å². The van der Waals surface area contributed by atoms with Crippen molar-refractivity contribution in [2.75, 3.05) is 0 Å². The van der Waals surface area contributed by atoms with Gasteiger partial charge in [0.15, 0.2) is 17.5 Å². The predicted molar refractivity (Wildman–Crippen MR) is 209 cm³/mol. The Balaban J connectivity index is 1.22. The summed E-state index contributed by atoms with van der Waals surface area (Å²) in [5, 5.41) is 5.04. The quantitative estimate of drug-likeness (QED) is 0.185. The average Bonchev–Trinajstić information content (AvgIpc) is 3.75. The normalized spacial score (nSPS) is 11.6. The van der Waals surface area contributed by atoms with Gasteiger partial charge in [-0.2, -0.15) is 0 Å². The Morgan fingerprint density at radius 3 is 1.68 bits per heavy atom. The highest BCUT2D eigenvalue weighted by molar-refractivity contribution is 7.26. The summed E-state index contributed by atoms with van der Waals surface area (Å²) in [4.78, 5) is 15.0. The van der Waals surface area contributed by atoms with Crippen LogP contribution in [0.5, 0.6) is 0 Å². The van der Waals surface area contributed by atoms with Crippen LogP contribution >= 0.6 is 11.3 Å². The molecule has 0 aliphatic carbocycles. The van der Waals surface area contributed by atoms with Gasteiger partial charge in [-0.1, -0.05) is 146 Å². The Labute approximate surface area is 292 Å². The van der Waals surface area contributed by atoms with Gasteiger partial charge < -0.3 is 4.57 Å². The molecular weight excluding hydrogens is 629 g/mol. The Hall–Kier alpha value is -6.43. The maximum Gasteiger partial charge on any atom is 0.164 e. The molecular formula is C45H28N4S. The number of nitrogens with zero attached hydrogens (tertiary/aromatic N) is 4. The van der Waals surface area contributed by atoms with Gasteiger partial charge >= 0.3 is 0 Å². The highest BCUT2D eigenvalue weighted by Gasteiger charge is 2.20. The molecule has 10 rings (SSSR count). The van der Waals surface area contributed by atoms with E-state index in [1.54, 1.807) is 0 Å². The Morgan fingerprint density at radius 2 is 0.940 bits per heavy atom. The van der Waals surface area contributed by atoms with E-state index in [0.29, 0.717) is 17.5 Å². The van der Waals surface area contributed by atoms with Gasteiger partial charge in [0.05, 0.1) is 11.0 Å². The Bertz CT molecular complexity index is 2810. The van der Waals surface area contributed by atoms with E-state index >= 15 is 0 Å². The van der Waals surface area contributed by atoms with Crippen LogP contribution in [0.15, 0.2) is 170 Å². The number of fused-ring (bicyclic) bond motifs is 6. The van der Waals surface area contributed by atoms with E-state index in [1.165, 1.54) is 47.6 Å². The van der Waals surface area contributed by atoms with Crippen LogP contribution in [0.2, 0.25) is 0 Å². The minimum Gasteiger partial charge on any atom is -0.309 e. The first-order valence-corrected chi connectivity index (χ1v) is 17.5. The van der Waals surface area contributed by atoms with Gasteiger partial charge in [0.1, 0.15) is 0 Å². The number of hydrogen-bond acceptors (Lipinski definition) is 4. The molecule has 0 spiro atoms. The molecule has 4 nitrogen and oxygen atoms in total. The molecule has 0 amide bonds. The second-order valence-corrected chi connectivity index (χ2v) is 13.5. The Morgan fingerprint density at radius 1 is 0.400 bits per heavy atom. The van der Waals surface area contributed by atoms with E-state index in [1.807, 2.05) is 72.0 Å². The maximum absolute atomic E-state index is 5.04. The topological polar surface area (TPSA) is 43.6 Å². The number of thiophene rings is 1. The second-order valence-electron chi connectivity index (χ2n) is 12.4. The first-order chi connectivity index (χ1) is 24.8. The molecule has 0 aliphatic rings. The van der Waals surface area contributed by atoms with Crippen molar-refractivity contribution in [3.8, 4) is 51.0 Å². The number of benzene rings is 7. The molecule has 5 heteroatoms.